The number of rotatable bonds is 4. The van der Waals surface area contributed by atoms with E-state index in [1.54, 1.807) is 18.2 Å². The normalized spacial score (nSPS) is 10.2. The van der Waals surface area contributed by atoms with E-state index in [2.05, 4.69) is 10.6 Å². The summed E-state index contributed by atoms with van der Waals surface area (Å²) in [5.74, 6) is 0. The molecular weight excluding hydrogens is 309 g/mol. The molecule has 0 saturated carbocycles. The first-order valence-corrected chi connectivity index (χ1v) is 7.12. The summed E-state index contributed by atoms with van der Waals surface area (Å²) in [5, 5.41) is 6.29. The Morgan fingerprint density at radius 2 is 1.67 bits per heavy atom. The molecule has 0 aliphatic carbocycles. The Balaban J connectivity index is 1.87. The van der Waals surface area contributed by atoms with Gasteiger partial charge in [0.15, 0.2) is 0 Å². The second-order valence-corrected chi connectivity index (χ2v) is 5.27. The molecule has 4 N–H and O–H groups in total. The first kappa shape index (κ1) is 15.6. The predicted molar refractivity (Wildman–Crippen MR) is 86.7 cm³/mol. The van der Waals surface area contributed by atoms with Crippen LogP contribution in [0.2, 0.25) is 10.0 Å². The minimum atomic E-state index is -0.309. The fourth-order valence-corrected chi connectivity index (χ4v) is 2.02. The van der Waals surface area contributed by atoms with E-state index in [4.69, 9.17) is 28.9 Å². The second-order valence-electron chi connectivity index (χ2n) is 4.46. The van der Waals surface area contributed by atoms with Gasteiger partial charge in [0.2, 0.25) is 0 Å². The van der Waals surface area contributed by atoms with Gasteiger partial charge in [-0.1, -0.05) is 47.5 Å². The molecule has 21 heavy (non-hydrogen) atoms. The molecule has 0 fully saturated rings. The maximum Gasteiger partial charge on any atom is 0.319 e. The van der Waals surface area contributed by atoms with Crippen LogP contribution in [0.15, 0.2) is 42.5 Å². The summed E-state index contributed by atoms with van der Waals surface area (Å²) < 4.78 is 0. The van der Waals surface area contributed by atoms with Crippen LogP contribution in [0.5, 0.6) is 0 Å². The van der Waals surface area contributed by atoms with E-state index in [0.717, 1.165) is 11.1 Å². The molecule has 110 valence electrons. The fourth-order valence-electron chi connectivity index (χ4n) is 1.72. The molecule has 2 rings (SSSR count). The monoisotopic (exact) mass is 323 g/mol. The van der Waals surface area contributed by atoms with E-state index >= 15 is 0 Å². The first-order valence-electron chi connectivity index (χ1n) is 6.36. The molecule has 0 aliphatic heterocycles. The number of hydrogen-bond acceptors (Lipinski definition) is 2. The quantitative estimate of drug-likeness (QED) is 0.801. The summed E-state index contributed by atoms with van der Waals surface area (Å²) in [6, 6.07) is 12.3. The standard InChI is InChI=1S/C15H15Cl2N3O/c16-13-6-5-12(7-14(13)17)20-15(21)19-9-11-3-1-10(8-18)2-4-11/h1-7H,8-9,18H2,(H2,19,20,21). The summed E-state index contributed by atoms with van der Waals surface area (Å²) in [4.78, 5) is 11.8. The van der Waals surface area contributed by atoms with Crippen molar-refractivity contribution >= 4 is 34.9 Å². The lowest BCUT2D eigenvalue weighted by molar-refractivity contribution is 0.251. The van der Waals surface area contributed by atoms with Crippen LogP contribution in [0, 0.1) is 0 Å². The molecule has 0 spiro atoms. The minimum Gasteiger partial charge on any atom is -0.334 e. The first-order chi connectivity index (χ1) is 10.1. The predicted octanol–water partition coefficient (Wildman–Crippen LogP) is 3.77. The molecular formula is C15H15Cl2N3O. The highest BCUT2D eigenvalue weighted by Crippen LogP contribution is 2.24. The van der Waals surface area contributed by atoms with Crippen molar-refractivity contribution in [2.75, 3.05) is 5.32 Å². The highest BCUT2D eigenvalue weighted by Gasteiger charge is 2.04. The third-order valence-corrected chi connectivity index (χ3v) is 3.63. The van der Waals surface area contributed by atoms with Crippen molar-refractivity contribution in [3.63, 3.8) is 0 Å². The number of benzene rings is 2. The van der Waals surface area contributed by atoms with Gasteiger partial charge in [-0.2, -0.15) is 0 Å². The van der Waals surface area contributed by atoms with Crippen LogP contribution in [-0.4, -0.2) is 6.03 Å². The number of nitrogens with one attached hydrogen (secondary N) is 2. The molecule has 0 aliphatic rings. The molecule has 0 saturated heterocycles. The van der Waals surface area contributed by atoms with Gasteiger partial charge in [0.25, 0.3) is 0 Å². The SMILES string of the molecule is NCc1ccc(CNC(=O)Nc2ccc(Cl)c(Cl)c2)cc1. The second kappa shape index (κ2) is 7.31. The van der Waals surface area contributed by atoms with Crippen LogP contribution in [0.25, 0.3) is 0 Å². The van der Waals surface area contributed by atoms with Gasteiger partial charge >= 0.3 is 6.03 Å². The largest absolute Gasteiger partial charge is 0.334 e. The molecule has 0 heterocycles. The van der Waals surface area contributed by atoms with E-state index in [-0.39, 0.29) is 6.03 Å². The number of nitrogens with two attached hydrogens (primary N) is 1. The average Bonchev–Trinajstić information content (AvgIpc) is 2.49. The number of amides is 2. The van der Waals surface area contributed by atoms with Crippen molar-refractivity contribution in [3.05, 3.63) is 63.6 Å². The molecule has 2 amide bonds. The van der Waals surface area contributed by atoms with E-state index in [1.807, 2.05) is 24.3 Å². The molecule has 4 nitrogen and oxygen atoms in total. The molecule has 0 unspecified atom stereocenters. The lowest BCUT2D eigenvalue weighted by Gasteiger charge is -2.09. The van der Waals surface area contributed by atoms with Crippen LogP contribution >= 0.6 is 23.2 Å². The van der Waals surface area contributed by atoms with E-state index in [9.17, 15) is 4.79 Å². The summed E-state index contributed by atoms with van der Waals surface area (Å²) >= 11 is 11.7. The van der Waals surface area contributed by atoms with E-state index < -0.39 is 0 Å². The topological polar surface area (TPSA) is 67.1 Å². The Kier molecular flexibility index (Phi) is 5.44. The van der Waals surface area contributed by atoms with Crippen molar-refractivity contribution in [3.8, 4) is 0 Å². The Morgan fingerprint density at radius 1 is 1.00 bits per heavy atom. The number of urea groups is 1. The Hall–Kier alpha value is -1.75. The van der Waals surface area contributed by atoms with Gasteiger partial charge in [0.1, 0.15) is 0 Å². The lowest BCUT2D eigenvalue weighted by Crippen LogP contribution is -2.28. The molecule has 2 aromatic carbocycles. The molecule has 0 bridgehead atoms. The van der Waals surface area contributed by atoms with E-state index in [1.165, 1.54) is 0 Å². The van der Waals surface area contributed by atoms with Crippen molar-refractivity contribution in [1.82, 2.24) is 5.32 Å². The zero-order valence-electron chi connectivity index (χ0n) is 11.2. The maximum absolute atomic E-state index is 11.8. The summed E-state index contributed by atoms with van der Waals surface area (Å²) in [7, 11) is 0. The summed E-state index contributed by atoms with van der Waals surface area (Å²) in [5.41, 5.74) is 8.17. The minimum absolute atomic E-state index is 0.309. The summed E-state index contributed by atoms with van der Waals surface area (Å²) in [6.07, 6.45) is 0. The van der Waals surface area contributed by atoms with Crippen molar-refractivity contribution < 1.29 is 4.79 Å². The Bertz CT molecular complexity index is 629. The van der Waals surface area contributed by atoms with Crippen molar-refractivity contribution in [1.29, 1.82) is 0 Å². The number of hydrogen-bond donors (Lipinski definition) is 3. The zero-order valence-corrected chi connectivity index (χ0v) is 12.7. The van der Waals surface area contributed by atoms with Gasteiger partial charge in [-0.15, -0.1) is 0 Å². The smallest absolute Gasteiger partial charge is 0.319 e. The van der Waals surface area contributed by atoms with Crippen LogP contribution in [0.4, 0.5) is 10.5 Å². The Labute approximate surface area is 133 Å². The maximum atomic E-state index is 11.8. The third kappa shape index (κ3) is 4.63. The van der Waals surface area contributed by atoms with Crippen molar-refractivity contribution in [2.45, 2.75) is 13.1 Å². The number of carbonyl (C=O) groups excluding carboxylic acids is 1. The molecule has 2 aromatic rings. The van der Waals surface area contributed by atoms with Gasteiger partial charge in [-0.05, 0) is 29.3 Å². The highest BCUT2D eigenvalue weighted by molar-refractivity contribution is 6.42. The van der Waals surface area contributed by atoms with Crippen LogP contribution in [0.3, 0.4) is 0 Å². The van der Waals surface area contributed by atoms with Gasteiger partial charge < -0.3 is 16.4 Å². The number of carbonyl (C=O) groups is 1. The lowest BCUT2D eigenvalue weighted by atomic mass is 10.1. The third-order valence-electron chi connectivity index (χ3n) is 2.89. The molecule has 6 heteroatoms. The van der Waals surface area contributed by atoms with Crippen molar-refractivity contribution in [2.24, 2.45) is 5.73 Å². The number of halogens is 2. The molecule has 0 atom stereocenters. The summed E-state index contributed by atoms with van der Waals surface area (Å²) in [6.45, 7) is 0.934. The van der Waals surface area contributed by atoms with Crippen LogP contribution in [0.1, 0.15) is 11.1 Å². The van der Waals surface area contributed by atoms with E-state index in [0.29, 0.717) is 28.8 Å². The Morgan fingerprint density at radius 3 is 2.29 bits per heavy atom. The zero-order chi connectivity index (χ0) is 15.2. The van der Waals surface area contributed by atoms with Gasteiger partial charge in [-0.25, -0.2) is 4.79 Å². The van der Waals surface area contributed by atoms with Gasteiger partial charge in [0.05, 0.1) is 10.0 Å². The average molecular weight is 324 g/mol. The fraction of sp³-hybridized carbons (Fsp3) is 0.133. The number of anilines is 1. The van der Waals surface area contributed by atoms with Gasteiger partial charge in [-0.3, -0.25) is 0 Å². The molecule has 0 aromatic heterocycles. The van der Waals surface area contributed by atoms with Gasteiger partial charge in [0, 0.05) is 18.8 Å². The van der Waals surface area contributed by atoms with Crippen LogP contribution < -0.4 is 16.4 Å². The highest BCUT2D eigenvalue weighted by atomic mass is 35.5. The van der Waals surface area contributed by atoms with Crippen LogP contribution in [-0.2, 0) is 13.1 Å². The molecule has 0 radical (unpaired) electrons.